The van der Waals surface area contributed by atoms with E-state index in [1.807, 2.05) is 24.0 Å². The van der Waals surface area contributed by atoms with E-state index in [9.17, 15) is 9.59 Å². The molecule has 2 aromatic rings. The molecule has 6 heteroatoms. The second kappa shape index (κ2) is 10.2. The van der Waals surface area contributed by atoms with Crippen molar-refractivity contribution in [2.24, 2.45) is 0 Å². The molecule has 170 valence electrons. The van der Waals surface area contributed by atoms with Gasteiger partial charge in [-0.15, -0.1) is 0 Å². The molecule has 1 fully saturated rings. The molecule has 0 bridgehead atoms. The predicted molar refractivity (Wildman–Crippen MR) is 123 cm³/mol. The Labute approximate surface area is 189 Å². The standard InChI is InChI=1S/C26H32N2O4/c1-3-25(30)28-13-12-19-10-11-21(32-17-24(29)27-16-22-5-4-14-31-22)15-23(19)26(28)20-8-6-18(2)7-9-20/h6-11,15,22,26H,3-5,12-14,16-17H2,1-2H3,(H,27,29). The van der Waals surface area contributed by atoms with Gasteiger partial charge in [0.2, 0.25) is 5.91 Å². The summed E-state index contributed by atoms with van der Waals surface area (Å²) in [6, 6.07) is 14.2. The van der Waals surface area contributed by atoms with E-state index in [-0.39, 0.29) is 30.6 Å². The highest BCUT2D eigenvalue weighted by Gasteiger charge is 2.31. The Morgan fingerprint density at radius 2 is 2.00 bits per heavy atom. The topological polar surface area (TPSA) is 67.9 Å². The van der Waals surface area contributed by atoms with Crippen molar-refractivity contribution in [1.29, 1.82) is 0 Å². The van der Waals surface area contributed by atoms with E-state index in [2.05, 4.69) is 42.6 Å². The van der Waals surface area contributed by atoms with Crippen LogP contribution >= 0.6 is 0 Å². The van der Waals surface area contributed by atoms with Crippen LogP contribution in [0.2, 0.25) is 0 Å². The van der Waals surface area contributed by atoms with E-state index < -0.39 is 0 Å². The molecule has 2 aliphatic rings. The summed E-state index contributed by atoms with van der Waals surface area (Å²) >= 11 is 0. The summed E-state index contributed by atoms with van der Waals surface area (Å²) < 4.78 is 11.4. The average molecular weight is 437 g/mol. The van der Waals surface area contributed by atoms with Gasteiger partial charge < -0.3 is 19.7 Å². The lowest BCUT2D eigenvalue weighted by atomic mass is 9.87. The van der Waals surface area contributed by atoms with Crippen LogP contribution in [0, 0.1) is 6.92 Å². The fraction of sp³-hybridized carbons (Fsp3) is 0.462. The SMILES string of the molecule is CCC(=O)N1CCc2ccc(OCC(=O)NCC3CCCO3)cc2C1c1ccc(C)cc1. The molecule has 0 saturated carbocycles. The zero-order valence-corrected chi connectivity index (χ0v) is 18.9. The van der Waals surface area contributed by atoms with Crippen LogP contribution in [0.5, 0.6) is 5.75 Å². The Morgan fingerprint density at radius 1 is 1.19 bits per heavy atom. The van der Waals surface area contributed by atoms with E-state index in [0.29, 0.717) is 25.3 Å². The Hall–Kier alpha value is -2.86. The molecule has 1 N–H and O–H groups in total. The number of hydrogen-bond donors (Lipinski definition) is 1. The van der Waals surface area contributed by atoms with E-state index in [4.69, 9.17) is 9.47 Å². The minimum atomic E-state index is -0.156. The van der Waals surface area contributed by atoms with Crippen molar-refractivity contribution < 1.29 is 19.1 Å². The predicted octanol–water partition coefficient (Wildman–Crippen LogP) is 3.55. The van der Waals surface area contributed by atoms with Crippen LogP contribution in [0.15, 0.2) is 42.5 Å². The van der Waals surface area contributed by atoms with Crippen molar-refractivity contribution in [3.05, 3.63) is 64.7 Å². The van der Waals surface area contributed by atoms with Crippen molar-refractivity contribution >= 4 is 11.8 Å². The number of nitrogens with zero attached hydrogens (tertiary/aromatic N) is 1. The monoisotopic (exact) mass is 436 g/mol. The molecule has 32 heavy (non-hydrogen) atoms. The second-order valence-corrected chi connectivity index (χ2v) is 8.59. The summed E-state index contributed by atoms with van der Waals surface area (Å²) in [4.78, 5) is 26.9. The Balaban J connectivity index is 1.50. The summed E-state index contributed by atoms with van der Waals surface area (Å²) in [5.74, 6) is 0.621. The van der Waals surface area contributed by atoms with Crippen LogP contribution in [0.1, 0.15) is 54.5 Å². The minimum absolute atomic E-state index is 0.0433. The summed E-state index contributed by atoms with van der Waals surface area (Å²) in [5.41, 5.74) is 4.55. The van der Waals surface area contributed by atoms with Crippen LogP contribution in [0.3, 0.4) is 0 Å². The summed E-state index contributed by atoms with van der Waals surface area (Å²) in [7, 11) is 0. The van der Waals surface area contributed by atoms with Crippen LogP contribution in [0.25, 0.3) is 0 Å². The molecule has 0 aromatic heterocycles. The molecule has 0 radical (unpaired) electrons. The van der Waals surface area contributed by atoms with E-state index in [1.54, 1.807) is 0 Å². The molecule has 6 nitrogen and oxygen atoms in total. The van der Waals surface area contributed by atoms with Gasteiger partial charge >= 0.3 is 0 Å². The highest BCUT2D eigenvalue weighted by Crippen LogP contribution is 2.37. The number of hydrogen-bond acceptors (Lipinski definition) is 4. The van der Waals surface area contributed by atoms with Crippen molar-refractivity contribution in [2.75, 3.05) is 26.3 Å². The number of fused-ring (bicyclic) bond motifs is 1. The molecule has 4 rings (SSSR count). The highest BCUT2D eigenvalue weighted by atomic mass is 16.5. The first kappa shape index (κ1) is 22.3. The maximum Gasteiger partial charge on any atom is 0.258 e. The molecule has 2 heterocycles. The van der Waals surface area contributed by atoms with Gasteiger partial charge in [0.15, 0.2) is 6.61 Å². The van der Waals surface area contributed by atoms with E-state index in [0.717, 1.165) is 37.0 Å². The van der Waals surface area contributed by atoms with E-state index >= 15 is 0 Å². The molecule has 2 aliphatic heterocycles. The number of amides is 2. The van der Waals surface area contributed by atoms with Gasteiger partial charge in [0.05, 0.1) is 12.1 Å². The maximum absolute atomic E-state index is 12.7. The van der Waals surface area contributed by atoms with Gasteiger partial charge in [0.1, 0.15) is 5.75 Å². The molecule has 0 spiro atoms. The Kier molecular flexibility index (Phi) is 7.10. The quantitative estimate of drug-likeness (QED) is 0.721. The molecule has 2 amide bonds. The van der Waals surface area contributed by atoms with Gasteiger partial charge in [-0.05, 0) is 55.0 Å². The zero-order chi connectivity index (χ0) is 22.5. The number of rotatable bonds is 7. The number of carbonyl (C=O) groups excluding carboxylic acids is 2. The van der Waals surface area contributed by atoms with Crippen molar-refractivity contribution in [3.8, 4) is 5.75 Å². The Morgan fingerprint density at radius 3 is 2.72 bits per heavy atom. The molecular weight excluding hydrogens is 404 g/mol. The summed E-state index contributed by atoms with van der Waals surface area (Å²) in [6.45, 7) is 5.91. The van der Waals surface area contributed by atoms with Crippen molar-refractivity contribution in [3.63, 3.8) is 0 Å². The number of aryl methyl sites for hydroxylation is 1. The molecule has 2 aromatic carbocycles. The lowest BCUT2D eigenvalue weighted by Gasteiger charge is -2.38. The number of benzene rings is 2. The molecule has 0 aliphatic carbocycles. The average Bonchev–Trinajstić information content (AvgIpc) is 3.34. The number of carbonyl (C=O) groups is 2. The molecule has 2 atom stereocenters. The van der Waals surface area contributed by atoms with Crippen LogP contribution < -0.4 is 10.1 Å². The minimum Gasteiger partial charge on any atom is -0.484 e. The first-order valence-corrected chi connectivity index (χ1v) is 11.5. The Bertz CT molecular complexity index is 951. The third-order valence-corrected chi connectivity index (χ3v) is 6.28. The summed E-state index contributed by atoms with van der Waals surface area (Å²) in [6.07, 6.45) is 3.43. The highest BCUT2D eigenvalue weighted by molar-refractivity contribution is 5.78. The zero-order valence-electron chi connectivity index (χ0n) is 18.9. The lowest BCUT2D eigenvalue weighted by molar-refractivity contribution is -0.133. The van der Waals surface area contributed by atoms with Gasteiger partial charge in [-0.2, -0.15) is 0 Å². The largest absolute Gasteiger partial charge is 0.484 e. The first-order chi connectivity index (χ1) is 15.5. The van der Waals surface area contributed by atoms with Gasteiger partial charge in [-0.1, -0.05) is 42.8 Å². The van der Waals surface area contributed by atoms with Crippen molar-refractivity contribution in [1.82, 2.24) is 10.2 Å². The van der Waals surface area contributed by atoms with Crippen LogP contribution in [0.4, 0.5) is 0 Å². The third kappa shape index (κ3) is 5.13. The maximum atomic E-state index is 12.7. The van der Waals surface area contributed by atoms with Gasteiger partial charge in [-0.3, -0.25) is 9.59 Å². The van der Waals surface area contributed by atoms with Gasteiger partial charge in [0, 0.05) is 26.1 Å². The van der Waals surface area contributed by atoms with Gasteiger partial charge in [0.25, 0.3) is 5.91 Å². The fourth-order valence-electron chi connectivity index (χ4n) is 4.50. The fourth-order valence-corrected chi connectivity index (χ4v) is 4.50. The molecule has 2 unspecified atom stereocenters. The first-order valence-electron chi connectivity index (χ1n) is 11.5. The van der Waals surface area contributed by atoms with E-state index in [1.165, 1.54) is 11.1 Å². The lowest BCUT2D eigenvalue weighted by Crippen LogP contribution is -2.40. The third-order valence-electron chi connectivity index (χ3n) is 6.28. The smallest absolute Gasteiger partial charge is 0.258 e. The summed E-state index contributed by atoms with van der Waals surface area (Å²) in [5, 5.41) is 2.88. The van der Waals surface area contributed by atoms with Crippen molar-refractivity contribution in [2.45, 2.75) is 51.7 Å². The normalized spacial score (nSPS) is 20.0. The molecule has 1 saturated heterocycles. The van der Waals surface area contributed by atoms with Crippen LogP contribution in [-0.4, -0.2) is 49.1 Å². The second-order valence-electron chi connectivity index (χ2n) is 8.59. The number of nitrogens with one attached hydrogen (secondary N) is 1. The number of ether oxygens (including phenoxy) is 2. The van der Waals surface area contributed by atoms with Gasteiger partial charge in [-0.25, -0.2) is 0 Å². The van der Waals surface area contributed by atoms with Crippen LogP contribution in [-0.2, 0) is 20.7 Å². The molecular formula is C26H32N2O4.